The SMILES string of the molecule is COc1[c]ccc(/C=C/C(=O)c2ccccc2)c1. The van der Waals surface area contributed by atoms with Crippen LogP contribution in [0.5, 0.6) is 5.75 Å². The quantitative estimate of drug-likeness (QED) is 0.602. The van der Waals surface area contributed by atoms with E-state index in [0.717, 1.165) is 5.56 Å². The van der Waals surface area contributed by atoms with Crippen LogP contribution in [0, 0.1) is 6.07 Å². The van der Waals surface area contributed by atoms with Crippen LogP contribution in [0.2, 0.25) is 0 Å². The molecule has 0 fully saturated rings. The van der Waals surface area contributed by atoms with Crippen molar-refractivity contribution in [2.45, 2.75) is 0 Å². The van der Waals surface area contributed by atoms with Crippen LogP contribution >= 0.6 is 0 Å². The van der Waals surface area contributed by atoms with Gasteiger partial charge in [-0.3, -0.25) is 4.79 Å². The lowest BCUT2D eigenvalue weighted by atomic mass is 10.1. The number of hydrogen-bond donors (Lipinski definition) is 0. The third kappa shape index (κ3) is 3.08. The van der Waals surface area contributed by atoms with Gasteiger partial charge < -0.3 is 4.74 Å². The molecule has 0 saturated carbocycles. The van der Waals surface area contributed by atoms with Crippen molar-refractivity contribution in [2.24, 2.45) is 0 Å². The highest BCUT2D eigenvalue weighted by Gasteiger charge is 1.99. The molecule has 18 heavy (non-hydrogen) atoms. The molecule has 0 aliphatic carbocycles. The zero-order chi connectivity index (χ0) is 12.8. The van der Waals surface area contributed by atoms with Gasteiger partial charge in [-0.25, -0.2) is 0 Å². The highest BCUT2D eigenvalue weighted by atomic mass is 16.5. The largest absolute Gasteiger partial charge is 0.496 e. The second-order valence-corrected chi connectivity index (χ2v) is 3.75. The summed E-state index contributed by atoms with van der Waals surface area (Å²) in [5, 5.41) is 0. The summed E-state index contributed by atoms with van der Waals surface area (Å²) in [6, 6.07) is 17.6. The van der Waals surface area contributed by atoms with Crippen LogP contribution in [0.4, 0.5) is 0 Å². The van der Waals surface area contributed by atoms with E-state index in [0.29, 0.717) is 11.3 Å². The van der Waals surface area contributed by atoms with Gasteiger partial charge in [0.15, 0.2) is 5.78 Å². The normalized spacial score (nSPS) is 10.5. The van der Waals surface area contributed by atoms with Gasteiger partial charge >= 0.3 is 0 Å². The third-order valence-electron chi connectivity index (χ3n) is 2.50. The van der Waals surface area contributed by atoms with Gasteiger partial charge in [-0.2, -0.15) is 0 Å². The summed E-state index contributed by atoms with van der Waals surface area (Å²) >= 11 is 0. The van der Waals surface area contributed by atoms with Crippen LogP contribution in [0.15, 0.2) is 54.6 Å². The Hall–Kier alpha value is -2.35. The highest BCUT2D eigenvalue weighted by Crippen LogP contribution is 2.13. The average molecular weight is 237 g/mol. The summed E-state index contributed by atoms with van der Waals surface area (Å²) in [6.07, 6.45) is 3.33. The second kappa shape index (κ2) is 5.82. The zero-order valence-electron chi connectivity index (χ0n) is 10.1. The number of benzene rings is 2. The fourth-order valence-electron chi connectivity index (χ4n) is 1.55. The molecule has 0 heterocycles. The molecule has 2 aromatic rings. The molecule has 0 aromatic heterocycles. The number of carbonyl (C=O) groups excluding carboxylic acids is 1. The first-order chi connectivity index (χ1) is 8.79. The highest BCUT2D eigenvalue weighted by molar-refractivity contribution is 6.06. The summed E-state index contributed by atoms with van der Waals surface area (Å²) in [5.41, 5.74) is 1.60. The molecule has 89 valence electrons. The van der Waals surface area contributed by atoms with Crippen LogP contribution in [-0.4, -0.2) is 12.9 Å². The number of allylic oxidation sites excluding steroid dienone is 1. The van der Waals surface area contributed by atoms with Crippen molar-refractivity contribution in [1.29, 1.82) is 0 Å². The van der Waals surface area contributed by atoms with Crippen molar-refractivity contribution in [2.75, 3.05) is 7.11 Å². The first-order valence-electron chi connectivity index (χ1n) is 5.63. The predicted octanol–water partition coefficient (Wildman–Crippen LogP) is 3.39. The van der Waals surface area contributed by atoms with E-state index in [-0.39, 0.29) is 5.78 Å². The van der Waals surface area contributed by atoms with Gasteiger partial charge in [-0.15, -0.1) is 0 Å². The Balaban J connectivity index is 2.13. The van der Waals surface area contributed by atoms with Crippen LogP contribution in [0.3, 0.4) is 0 Å². The smallest absolute Gasteiger partial charge is 0.185 e. The van der Waals surface area contributed by atoms with Gasteiger partial charge in [0, 0.05) is 11.6 Å². The van der Waals surface area contributed by atoms with E-state index in [9.17, 15) is 4.79 Å². The number of methoxy groups -OCH3 is 1. The lowest BCUT2D eigenvalue weighted by Crippen LogP contribution is -1.92. The maximum atomic E-state index is 11.8. The van der Waals surface area contributed by atoms with Crippen molar-refractivity contribution in [1.82, 2.24) is 0 Å². The van der Waals surface area contributed by atoms with E-state index in [2.05, 4.69) is 6.07 Å². The molecule has 2 rings (SSSR count). The molecular weight excluding hydrogens is 224 g/mol. The molecule has 0 aliphatic heterocycles. The van der Waals surface area contributed by atoms with Gasteiger partial charge in [0.05, 0.1) is 7.11 Å². The zero-order valence-corrected chi connectivity index (χ0v) is 10.1. The Morgan fingerprint density at radius 3 is 2.72 bits per heavy atom. The van der Waals surface area contributed by atoms with Gasteiger partial charge in [0.2, 0.25) is 0 Å². The minimum atomic E-state index is -0.0117. The standard InChI is InChI=1S/C16H13O2/c1-18-15-9-5-6-13(12-15)10-11-16(17)14-7-3-2-4-8-14/h2-8,10-12H,1H3/b11-10+. The molecule has 0 atom stereocenters. The Morgan fingerprint density at radius 1 is 1.22 bits per heavy atom. The average Bonchev–Trinajstić information content (AvgIpc) is 2.46. The fourth-order valence-corrected chi connectivity index (χ4v) is 1.55. The van der Waals surface area contributed by atoms with Crippen LogP contribution in [0.1, 0.15) is 15.9 Å². The van der Waals surface area contributed by atoms with Gasteiger partial charge in [-0.05, 0) is 23.8 Å². The maximum absolute atomic E-state index is 11.8. The van der Waals surface area contributed by atoms with Crippen molar-refractivity contribution in [3.05, 3.63) is 71.8 Å². The Morgan fingerprint density at radius 2 is 2.00 bits per heavy atom. The van der Waals surface area contributed by atoms with Gasteiger partial charge in [0.25, 0.3) is 0 Å². The Labute approximate surface area is 107 Å². The first kappa shape index (κ1) is 12.1. The van der Waals surface area contributed by atoms with E-state index in [1.54, 1.807) is 37.5 Å². The topological polar surface area (TPSA) is 26.3 Å². The maximum Gasteiger partial charge on any atom is 0.185 e. The molecule has 0 spiro atoms. The third-order valence-corrected chi connectivity index (χ3v) is 2.50. The van der Waals surface area contributed by atoms with E-state index < -0.39 is 0 Å². The number of hydrogen-bond acceptors (Lipinski definition) is 2. The minimum absolute atomic E-state index is 0.0117. The predicted molar refractivity (Wildman–Crippen MR) is 71.6 cm³/mol. The molecular formula is C16H13O2. The molecule has 0 aliphatic rings. The molecule has 2 aromatic carbocycles. The Kier molecular flexibility index (Phi) is 3.92. The molecule has 0 unspecified atom stereocenters. The summed E-state index contributed by atoms with van der Waals surface area (Å²) in [6.45, 7) is 0. The lowest BCUT2D eigenvalue weighted by molar-refractivity contribution is 0.104. The van der Waals surface area contributed by atoms with Crippen LogP contribution in [-0.2, 0) is 0 Å². The van der Waals surface area contributed by atoms with E-state index in [1.807, 2.05) is 30.3 Å². The van der Waals surface area contributed by atoms with Crippen molar-refractivity contribution < 1.29 is 9.53 Å². The number of ketones is 1. The molecule has 0 amide bonds. The van der Waals surface area contributed by atoms with Crippen LogP contribution < -0.4 is 4.74 Å². The number of carbonyl (C=O) groups is 1. The summed E-state index contributed by atoms with van der Waals surface area (Å²) in [4.78, 5) is 11.8. The minimum Gasteiger partial charge on any atom is -0.496 e. The van der Waals surface area contributed by atoms with Gasteiger partial charge in [0.1, 0.15) is 5.75 Å². The molecule has 2 heteroatoms. The fraction of sp³-hybridized carbons (Fsp3) is 0.0625. The van der Waals surface area contributed by atoms with Crippen molar-refractivity contribution in [3.8, 4) is 5.75 Å². The van der Waals surface area contributed by atoms with Crippen molar-refractivity contribution in [3.63, 3.8) is 0 Å². The van der Waals surface area contributed by atoms with Crippen LogP contribution in [0.25, 0.3) is 6.08 Å². The summed E-state index contributed by atoms with van der Waals surface area (Å²) in [5.74, 6) is 0.645. The van der Waals surface area contributed by atoms with Crippen molar-refractivity contribution >= 4 is 11.9 Å². The molecule has 0 N–H and O–H groups in total. The molecule has 1 radical (unpaired) electrons. The van der Waals surface area contributed by atoms with E-state index in [4.69, 9.17) is 4.74 Å². The van der Waals surface area contributed by atoms with Gasteiger partial charge in [-0.1, -0.05) is 42.5 Å². The monoisotopic (exact) mass is 237 g/mol. The first-order valence-corrected chi connectivity index (χ1v) is 5.63. The second-order valence-electron chi connectivity index (χ2n) is 3.75. The summed E-state index contributed by atoms with van der Waals surface area (Å²) < 4.78 is 5.07. The summed E-state index contributed by atoms with van der Waals surface area (Å²) in [7, 11) is 1.59. The molecule has 2 nitrogen and oxygen atoms in total. The number of ether oxygens (including phenoxy) is 1. The Bertz CT molecular complexity index is 556. The number of rotatable bonds is 4. The van der Waals surface area contributed by atoms with E-state index >= 15 is 0 Å². The lowest BCUT2D eigenvalue weighted by Gasteiger charge is -1.99. The van der Waals surface area contributed by atoms with E-state index in [1.165, 1.54) is 0 Å². The molecule has 0 bridgehead atoms. The molecule has 0 saturated heterocycles.